The lowest BCUT2D eigenvalue weighted by Crippen LogP contribution is -2.24. The summed E-state index contributed by atoms with van der Waals surface area (Å²) in [6, 6.07) is 14.0. The van der Waals surface area contributed by atoms with Crippen molar-refractivity contribution in [2.45, 2.75) is 25.7 Å². The van der Waals surface area contributed by atoms with Gasteiger partial charge in [0, 0.05) is 24.2 Å². The molecule has 5 nitrogen and oxygen atoms in total. The second-order valence-electron chi connectivity index (χ2n) is 6.40. The van der Waals surface area contributed by atoms with Gasteiger partial charge in [-0.25, -0.2) is 4.39 Å². The average molecular weight is 351 g/mol. The van der Waals surface area contributed by atoms with Crippen LogP contribution in [0.1, 0.15) is 30.7 Å². The topological polar surface area (TPSA) is 59.2 Å². The third-order valence-corrected chi connectivity index (χ3v) is 4.63. The van der Waals surface area contributed by atoms with Crippen LogP contribution in [-0.4, -0.2) is 22.6 Å². The van der Waals surface area contributed by atoms with Gasteiger partial charge in [0.1, 0.15) is 5.82 Å². The largest absolute Gasteiger partial charge is 0.339 e. The first-order chi connectivity index (χ1) is 12.6. The highest BCUT2D eigenvalue weighted by Gasteiger charge is 2.35. The van der Waals surface area contributed by atoms with Crippen LogP contribution in [0.25, 0.3) is 11.4 Å². The maximum absolute atomic E-state index is 13.4. The van der Waals surface area contributed by atoms with Gasteiger partial charge < -0.3 is 9.42 Å². The smallest absolute Gasteiger partial charge is 0.232 e. The van der Waals surface area contributed by atoms with Crippen LogP contribution in [-0.2, 0) is 11.2 Å². The minimum absolute atomic E-state index is 0.0359. The molecule has 0 spiro atoms. The number of rotatable bonds is 4. The second kappa shape index (κ2) is 6.71. The van der Waals surface area contributed by atoms with Crippen molar-refractivity contribution in [2.24, 2.45) is 0 Å². The Kier molecular flexibility index (Phi) is 4.24. The van der Waals surface area contributed by atoms with Gasteiger partial charge in [-0.15, -0.1) is 0 Å². The number of aromatic nitrogens is 2. The monoisotopic (exact) mass is 351 g/mol. The highest BCUT2D eigenvalue weighted by Crippen LogP contribution is 2.32. The van der Waals surface area contributed by atoms with Gasteiger partial charge in [0.2, 0.25) is 17.6 Å². The van der Waals surface area contributed by atoms with Crippen LogP contribution in [0.5, 0.6) is 0 Å². The lowest BCUT2D eigenvalue weighted by atomic mass is 10.1. The molecule has 0 radical (unpaired) electrons. The number of amides is 1. The van der Waals surface area contributed by atoms with Gasteiger partial charge in [-0.05, 0) is 36.2 Å². The second-order valence-corrected chi connectivity index (χ2v) is 6.40. The van der Waals surface area contributed by atoms with Crippen LogP contribution >= 0.6 is 0 Å². The Morgan fingerprint density at radius 3 is 2.88 bits per heavy atom. The molecular weight excluding hydrogens is 333 g/mol. The van der Waals surface area contributed by atoms with Crippen LogP contribution in [0.4, 0.5) is 10.1 Å². The predicted molar refractivity (Wildman–Crippen MR) is 95.2 cm³/mol. The molecule has 26 heavy (non-hydrogen) atoms. The van der Waals surface area contributed by atoms with E-state index in [9.17, 15) is 9.18 Å². The number of hydrogen-bond donors (Lipinski definition) is 0. The highest BCUT2D eigenvalue weighted by molar-refractivity contribution is 5.96. The van der Waals surface area contributed by atoms with Gasteiger partial charge in [-0.1, -0.05) is 36.3 Å². The van der Waals surface area contributed by atoms with E-state index < -0.39 is 0 Å². The van der Waals surface area contributed by atoms with E-state index in [-0.39, 0.29) is 17.6 Å². The van der Waals surface area contributed by atoms with E-state index in [0.717, 1.165) is 12.1 Å². The Bertz CT molecular complexity index is 953. The van der Waals surface area contributed by atoms with Gasteiger partial charge >= 0.3 is 0 Å². The summed E-state index contributed by atoms with van der Waals surface area (Å²) in [6.07, 6.45) is 1.24. The Hall–Kier alpha value is -3.02. The highest BCUT2D eigenvalue weighted by atomic mass is 19.1. The van der Waals surface area contributed by atoms with E-state index in [2.05, 4.69) is 17.1 Å². The number of benzene rings is 2. The SMILES string of the molecule is CCc1cccc(N2CC(c3nc(-c4cccc(F)c4)no3)CC2=O)c1. The van der Waals surface area contributed by atoms with Gasteiger partial charge in [-0.3, -0.25) is 4.79 Å². The van der Waals surface area contributed by atoms with Gasteiger partial charge in [0.25, 0.3) is 0 Å². The molecule has 4 rings (SSSR count). The number of anilines is 1. The summed E-state index contributed by atoms with van der Waals surface area (Å²) in [5.41, 5.74) is 2.63. The molecule has 1 aliphatic rings. The third kappa shape index (κ3) is 3.10. The van der Waals surface area contributed by atoms with Crippen molar-refractivity contribution in [1.29, 1.82) is 0 Å². The molecule has 2 aromatic carbocycles. The molecule has 0 saturated carbocycles. The molecule has 0 bridgehead atoms. The number of halogens is 1. The number of carbonyl (C=O) groups excluding carboxylic acids is 1. The molecule has 1 atom stereocenters. The molecule has 0 aliphatic carbocycles. The minimum Gasteiger partial charge on any atom is -0.339 e. The molecule has 1 aliphatic heterocycles. The number of hydrogen-bond acceptors (Lipinski definition) is 4. The van der Waals surface area contributed by atoms with Crippen molar-refractivity contribution in [3.05, 3.63) is 65.8 Å². The molecule has 1 amide bonds. The zero-order valence-electron chi connectivity index (χ0n) is 14.4. The van der Waals surface area contributed by atoms with E-state index in [1.165, 1.54) is 17.7 Å². The third-order valence-electron chi connectivity index (χ3n) is 4.63. The van der Waals surface area contributed by atoms with Crippen LogP contribution in [0.3, 0.4) is 0 Å². The zero-order chi connectivity index (χ0) is 18.1. The zero-order valence-corrected chi connectivity index (χ0v) is 14.4. The van der Waals surface area contributed by atoms with Crippen molar-refractivity contribution in [3.63, 3.8) is 0 Å². The van der Waals surface area contributed by atoms with E-state index in [0.29, 0.717) is 30.2 Å². The summed E-state index contributed by atoms with van der Waals surface area (Å²) < 4.78 is 18.7. The molecular formula is C20H18FN3O2. The van der Waals surface area contributed by atoms with Crippen molar-refractivity contribution >= 4 is 11.6 Å². The van der Waals surface area contributed by atoms with Gasteiger partial charge in [0.15, 0.2) is 0 Å². The lowest BCUT2D eigenvalue weighted by Gasteiger charge is -2.16. The van der Waals surface area contributed by atoms with Crippen LogP contribution < -0.4 is 4.90 Å². The standard InChI is InChI=1S/C20H18FN3O2/c1-2-13-5-3-8-17(9-13)24-12-15(11-18(24)25)20-22-19(23-26-20)14-6-4-7-16(21)10-14/h3-10,15H,2,11-12H2,1H3. The molecule has 1 unspecified atom stereocenters. The first-order valence-electron chi connectivity index (χ1n) is 8.63. The Morgan fingerprint density at radius 1 is 1.23 bits per heavy atom. The molecule has 0 N–H and O–H groups in total. The van der Waals surface area contributed by atoms with E-state index in [1.54, 1.807) is 17.0 Å². The van der Waals surface area contributed by atoms with E-state index in [1.807, 2.05) is 24.3 Å². The van der Waals surface area contributed by atoms with Crippen LogP contribution in [0, 0.1) is 5.82 Å². The number of aryl methyl sites for hydroxylation is 1. The maximum atomic E-state index is 13.4. The molecule has 2 heterocycles. The molecule has 6 heteroatoms. The van der Waals surface area contributed by atoms with E-state index in [4.69, 9.17) is 4.52 Å². The summed E-state index contributed by atoms with van der Waals surface area (Å²) >= 11 is 0. The quantitative estimate of drug-likeness (QED) is 0.714. The van der Waals surface area contributed by atoms with E-state index >= 15 is 0 Å². The number of nitrogens with zero attached hydrogens (tertiary/aromatic N) is 3. The molecule has 1 fully saturated rings. The molecule has 1 aromatic heterocycles. The molecule has 132 valence electrons. The van der Waals surface area contributed by atoms with Crippen molar-refractivity contribution in [1.82, 2.24) is 10.1 Å². The molecule has 1 saturated heterocycles. The van der Waals surface area contributed by atoms with Gasteiger partial charge in [-0.2, -0.15) is 4.98 Å². The fourth-order valence-electron chi connectivity index (χ4n) is 3.21. The summed E-state index contributed by atoms with van der Waals surface area (Å²) in [5.74, 6) is 0.258. The summed E-state index contributed by atoms with van der Waals surface area (Å²) in [5, 5.41) is 3.94. The van der Waals surface area contributed by atoms with Crippen molar-refractivity contribution in [2.75, 3.05) is 11.4 Å². The first kappa shape index (κ1) is 16.4. The Labute approximate surface area is 150 Å². The van der Waals surface area contributed by atoms with Crippen LogP contribution in [0.15, 0.2) is 53.1 Å². The summed E-state index contributed by atoms with van der Waals surface area (Å²) in [6.45, 7) is 2.58. The maximum Gasteiger partial charge on any atom is 0.232 e. The Morgan fingerprint density at radius 2 is 2.08 bits per heavy atom. The predicted octanol–water partition coefficient (Wildman–Crippen LogP) is 3.96. The minimum atomic E-state index is -0.355. The van der Waals surface area contributed by atoms with Gasteiger partial charge in [0.05, 0.1) is 5.92 Å². The van der Waals surface area contributed by atoms with Crippen LogP contribution in [0.2, 0.25) is 0 Å². The fourth-order valence-corrected chi connectivity index (χ4v) is 3.21. The van der Waals surface area contributed by atoms with Crippen molar-refractivity contribution in [3.8, 4) is 11.4 Å². The lowest BCUT2D eigenvalue weighted by molar-refractivity contribution is -0.117. The summed E-state index contributed by atoms with van der Waals surface area (Å²) in [4.78, 5) is 18.6. The molecule has 3 aromatic rings. The number of carbonyl (C=O) groups is 1. The first-order valence-corrected chi connectivity index (χ1v) is 8.63. The summed E-state index contributed by atoms with van der Waals surface area (Å²) in [7, 11) is 0. The fraction of sp³-hybridized carbons (Fsp3) is 0.250. The van der Waals surface area contributed by atoms with Crippen molar-refractivity contribution < 1.29 is 13.7 Å². The normalized spacial score (nSPS) is 17.1. The Balaban J connectivity index is 1.56. The average Bonchev–Trinajstić information content (AvgIpc) is 3.28.